The number of carbonyl (C=O) groups excluding carboxylic acids is 1. The van der Waals surface area contributed by atoms with Crippen molar-refractivity contribution in [2.24, 2.45) is 0 Å². The monoisotopic (exact) mass is 770 g/mol. The van der Waals surface area contributed by atoms with E-state index in [2.05, 4.69) is 35.5 Å². The lowest BCUT2D eigenvalue weighted by Gasteiger charge is -2.36. The number of amides is 1. The Bertz CT molecular complexity index is 2240. The molecule has 7 rings (SSSR count). The number of aromatic amines is 2. The minimum atomic E-state index is -4.85. The highest BCUT2D eigenvalue weighted by Crippen LogP contribution is 2.41. The van der Waals surface area contributed by atoms with Crippen LogP contribution in [0.4, 0.5) is 43.7 Å². The maximum atomic E-state index is 14.6. The van der Waals surface area contributed by atoms with Crippen LogP contribution in [0.5, 0.6) is 0 Å². The SMILES string of the molecule is Cc1nc(-c2ncn[nH]2)ccc1-c1cnc2c(n1)N(CCCCCOC(C1CC[C@H](C)N1c1ccc3[nH]c(=O)cc(C(F)(F)F)c3c1)C(F)(F)F)C(=O)CN2. The van der Waals surface area contributed by atoms with Gasteiger partial charge < -0.3 is 19.9 Å². The van der Waals surface area contributed by atoms with E-state index in [4.69, 9.17) is 9.72 Å². The number of aromatic nitrogens is 7. The quantitative estimate of drug-likeness (QED) is 0.101. The summed E-state index contributed by atoms with van der Waals surface area (Å²) in [6.45, 7) is 3.55. The predicted molar refractivity (Wildman–Crippen MR) is 190 cm³/mol. The number of hydrogen-bond acceptors (Lipinski definition) is 10. The van der Waals surface area contributed by atoms with Gasteiger partial charge in [0.15, 0.2) is 23.6 Å². The van der Waals surface area contributed by atoms with Gasteiger partial charge in [0.1, 0.15) is 12.0 Å². The molecule has 2 aliphatic heterocycles. The summed E-state index contributed by atoms with van der Waals surface area (Å²) < 4.78 is 90.7. The van der Waals surface area contributed by atoms with Crippen molar-refractivity contribution in [3.63, 3.8) is 0 Å². The Morgan fingerprint density at radius 1 is 0.964 bits per heavy atom. The molecule has 13 nitrogen and oxygen atoms in total. The Kier molecular flexibility index (Phi) is 10.2. The van der Waals surface area contributed by atoms with Gasteiger partial charge in [0.25, 0.3) is 0 Å². The largest absolute Gasteiger partial charge is 0.417 e. The molecule has 0 spiro atoms. The molecule has 0 bridgehead atoms. The van der Waals surface area contributed by atoms with Gasteiger partial charge in [-0.05, 0) is 76.3 Å². The molecule has 3 atom stereocenters. The average Bonchev–Trinajstić information content (AvgIpc) is 3.81. The van der Waals surface area contributed by atoms with Gasteiger partial charge in [-0.3, -0.25) is 19.6 Å². The number of hydrogen-bond donors (Lipinski definition) is 3. The zero-order chi connectivity index (χ0) is 39.1. The number of ether oxygens (including phenoxy) is 1. The van der Waals surface area contributed by atoms with Crippen LogP contribution in [0.2, 0.25) is 0 Å². The Balaban J connectivity index is 1.00. The summed E-state index contributed by atoms with van der Waals surface area (Å²) in [6, 6.07) is 6.29. The normalized spacial score (nSPS) is 18.1. The number of nitrogens with zero attached hydrogens (tertiary/aromatic N) is 7. The van der Waals surface area contributed by atoms with Crippen molar-refractivity contribution in [2.45, 2.75) is 76.5 Å². The summed E-state index contributed by atoms with van der Waals surface area (Å²) in [5.41, 5.74) is 0.435. The number of aryl methyl sites for hydroxylation is 1. The highest BCUT2D eigenvalue weighted by Gasteiger charge is 2.50. The highest BCUT2D eigenvalue weighted by atomic mass is 19.4. The number of fused-ring (bicyclic) bond motifs is 2. The number of rotatable bonds is 11. The van der Waals surface area contributed by atoms with Gasteiger partial charge in [0.05, 0.1) is 30.0 Å². The number of unbranched alkanes of at least 4 members (excludes halogenated alkanes) is 2. The van der Waals surface area contributed by atoms with E-state index in [1.54, 1.807) is 19.2 Å². The lowest BCUT2D eigenvalue weighted by atomic mass is 10.0. The highest BCUT2D eigenvalue weighted by molar-refractivity contribution is 6.01. The first-order chi connectivity index (χ1) is 26.2. The summed E-state index contributed by atoms with van der Waals surface area (Å²) in [6.07, 6.45) is -7.24. The van der Waals surface area contributed by atoms with E-state index in [-0.39, 0.29) is 55.0 Å². The van der Waals surface area contributed by atoms with E-state index in [1.807, 2.05) is 13.0 Å². The van der Waals surface area contributed by atoms with Gasteiger partial charge in [-0.2, -0.15) is 31.4 Å². The van der Waals surface area contributed by atoms with Crippen molar-refractivity contribution in [2.75, 3.05) is 34.8 Å². The Hall–Kier alpha value is -5.59. The smallest absolute Gasteiger partial charge is 0.367 e. The zero-order valence-electron chi connectivity index (χ0n) is 29.6. The molecule has 0 aliphatic carbocycles. The number of halogens is 6. The lowest BCUT2D eigenvalue weighted by Crippen LogP contribution is -2.50. The van der Waals surface area contributed by atoms with Crippen molar-refractivity contribution in [3.05, 3.63) is 70.5 Å². The summed E-state index contributed by atoms with van der Waals surface area (Å²) in [5.74, 6) is 1.03. The van der Waals surface area contributed by atoms with Crippen molar-refractivity contribution < 1.29 is 35.9 Å². The average molecular weight is 771 g/mol. The van der Waals surface area contributed by atoms with E-state index >= 15 is 0 Å². The van der Waals surface area contributed by atoms with Crippen LogP contribution in [-0.4, -0.2) is 85.1 Å². The van der Waals surface area contributed by atoms with Crippen LogP contribution in [0.15, 0.2) is 53.7 Å². The van der Waals surface area contributed by atoms with Gasteiger partial charge in [-0.25, -0.2) is 19.9 Å². The fourth-order valence-electron chi connectivity index (χ4n) is 7.30. The summed E-state index contributed by atoms with van der Waals surface area (Å²) >= 11 is 0. The van der Waals surface area contributed by atoms with Crippen molar-refractivity contribution in [1.29, 1.82) is 0 Å². The van der Waals surface area contributed by atoms with Gasteiger partial charge in [0.2, 0.25) is 11.5 Å². The van der Waals surface area contributed by atoms with Gasteiger partial charge in [-0.15, -0.1) is 0 Å². The van der Waals surface area contributed by atoms with E-state index < -0.39 is 41.7 Å². The van der Waals surface area contributed by atoms with E-state index in [1.165, 1.54) is 34.3 Å². The first kappa shape index (κ1) is 37.7. The molecule has 0 radical (unpaired) electrons. The number of H-pyrrole nitrogens is 2. The molecule has 1 fully saturated rings. The maximum Gasteiger partial charge on any atom is 0.417 e. The molecule has 4 aromatic heterocycles. The first-order valence-electron chi connectivity index (χ1n) is 17.6. The van der Waals surface area contributed by atoms with Crippen LogP contribution >= 0.6 is 0 Å². The van der Waals surface area contributed by atoms with Crippen LogP contribution in [0, 0.1) is 6.92 Å². The Labute approximate surface area is 309 Å². The lowest BCUT2D eigenvalue weighted by molar-refractivity contribution is -0.226. The standard InChI is InChI=1S/C36H36F6N10O3/c1-19-6-11-28(52(19)21-7-9-25-23(14-21)24(35(37,38)39)15-29(53)48-25)31(36(40,41)42)55-13-5-3-4-12-51-30(54)17-44-33-34(51)49-27(16-43-33)22-8-10-26(47-20(22)2)32-45-18-46-50-32/h7-10,14-16,18-19,28,31H,3-6,11-13,17H2,1-2H3,(H,43,44)(H,48,53)(H,45,46,50)/t19-,28?,31?/m0/s1. The fourth-order valence-corrected chi connectivity index (χ4v) is 7.30. The minimum Gasteiger partial charge on any atom is -0.367 e. The molecule has 0 saturated carbocycles. The zero-order valence-corrected chi connectivity index (χ0v) is 29.6. The molecule has 3 N–H and O–H groups in total. The van der Waals surface area contributed by atoms with Crippen molar-refractivity contribution in [3.8, 4) is 22.8 Å². The van der Waals surface area contributed by atoms with Gasteiger partial charge in [-0.1, -0.05) is 0 Å². The third-order valence-corrected chi connectivity index (χ3v) is 9.88. The Morgan fingerprint density at radius 2 is 1.78 bits per heavy atom. The molecular formula is C36H36F6N10O3. The molecule has 290 valence electrons. The molecule has 1 aromatic carbocycles. The van der Waals surface area contributed by atoms with Gasteiger partial charge >= 0.3 is 12.4 Å². The summed E-state index contributed by atoms with van der Waals surface area (Å²) in [7, 11) is 0. The Morgan fingerprint density at radius 3 is 2.51 bits per heavy atom. The summed E-state index contributed by atoms with van der Waals surface area (Å²) in [5, 5.41) is 9.27. The van der Waals surface area contributed by atoms with Crippen molar-refractivity contribution >= 4 is 34.1 Å². The molecule has 5 aromatic rings. The third kappa shape index (κ3) is 7.83. The van der Waals surface area contributed by atoms with E-state index in [9.17, 15) is 35.9 Å². The molecule has 1 amide bonds. The number of benzene rings is 1. The minimum absolute atomic E-state index is 0.00678. The second-order valence-electron chi connectivity index (χ2n) is 13.6. The molecular weight excluding hydrogens is 734 g/mol. The third-order valence-electron chi connectivity index (χ3n) is 9.88. The van der Waals surface area contributed by atoms with Crippen LogP contribution in [0.25, 0.3) is 33.7 Å². The second-order valence-corrected chi connectivity index (χ2v) is 13.6. The first-order valence-corrected chi connectivity index (χ1v) is 17.6. The molecule has 1 saturated heterocycles. The van der Waals surface area contributed by atoms with Crippen LogP contribution in [0.3, 0.4) is 0 Å². The predicted octanol–water partition coefficient (Wildman–Crippen LogP) is 6.43. The number of pyridine rings is 2. The number of anilines is 3. The van der Waals surface area contributed by atoms with E-state index in [0.717, 1.165) is 0 Å². The molecule has 6 heterocycles. The molecule has 55 heavy (non-hydrogen) atoms. The summed E-state index contributed by atoms with van der Waals surface area (Å²) in [4.78, 5) is 48.1. The van der Waals surface area contributed by atoms with Gasteiger partial charge in [0, 0.05) is 53.1 Å². The van der Waals surface area contributed by atoms with E-state index in [0.29, 0.717) is 65.4 Å². The van der Waals surface area contributed by atoms with Crippen LogP contribution < -0.4 is 20.7 Å². The van der Waals surface area contributed by atoms with Crippen molar-refractivity contribution in [1.82, 2.24) is 35.1 Å². The maximum absolute atomic E-state index is 14.6. The molecule has 2 unspecified atom stereocenters. The fraction of sp³-hybridized carbons (Fsp3) is 0.417. The second kappa shape index (κ2) is 14.9. The number of nitrogens with one attached hydrogen (secondary N) is 3. The molecule has 2 aliphatic rings. The van der Waals surface area contributed by atoms with Crippen LogP contribution in [-0.2, 0) is 15.7 Å². The van der Waals surface area contributed by atoms with Crippen LogP contribution in [0.1, 0.15) is 50.3 Å². The molecule has 19 heteroatoms. The topological polar surface area (TPSA) is 158 Å². The number of carbonyl (C=O) groups is 1. The number of alkyl halides is 6.